The van der Waals surface area contributed by atoms with Gasteiger partial charge in [0.15, 0.2) is 0 Å². The second-order valence-electron chi connectivity index (χ2n) is 1.56. The molecule has 0 radical (unpaired) electrons. The van der Waals surface area contributed by atoms with Crippen molar-refractivity contribution in [2.75, 3.05) is 0 Å². The maximum atomic E-state index is 9.99. The predicted octanol–water partition coefficient (Wildman–Crippen LogP) is 2.34. The molecule has 0 aliphatic rings. The summed E-state index contributed by atoms with van der Waals surface area (Å²) < 4.78 is 1.19. The molecular formula is C4HBBr2N2O. The Balaban J connectivity index is 3.18. The van der Waals surface area contributed by atoms with Crippen molar-refractivity contribution in [2.45, 2.75) is 0 Å². The fourth-order valence-corrected chi connectivity index (χ4v) is 1.59. The molecular weight excluding hydrogens is 263 g/mol. The van der Waals surface area contributed by atoms with Crippen molar-refractivity contribution >= 4 is 44.4 Å². The number of rotatable bonds is 1. The molecule has 3 nitrogen and oxygen atoms in total. The summed E-state index contributed by atoms with van der Waals surface area (Å²) in [6.07, 6.45) is 0. The molecule has 6 heteroatoms. The van der Waals surface area contributed by atoms with Gasteiger partial charge in [-0.2, -0.15) is 0 Å². The first-order valence-electron chi connectivity index (χ1n) is 2.39. The normalized spacial score (nSPS) is 9.00. The summed E-state index contributed by atoms with van der Waals surface area (Å²) in [5.41, 5.74) is 0.355. The van der Waals surface area contributed by atoms with Gasteiger partial charge in [0.2, 0.25) is 0 Å². The molecule has 1 rings (SSSR count). The average molecular weight is 264 g/mol. The van der Waals surface area contributed by atoms with Crippen LogP contribution in [0.3, 0.4) is 0 Å². The van der Waals surface area contributed by atoms with Gasteiger partial charge in [-0.15, -0.1) is 0 Å². The first kappa shape index (κ1) is 8.01. The molecule has 0 spiro atoms. The third-order valence-electron chi connectivity index (χ3n) is 0.853. The molecule has 0 aromatic carbocycles. The molecule has 0 amide bonds. The first-order valence-corrected chi connectivity index (χ1v) is 3.97. The fraction of sp³-hybridized carbons (Fsp3) is 0. The second kappa shape index (κ2) is 3.34. The van der Waals surface area contributed by atoms with E-state index >= 15 is 0 Å². The van der Waals surface area contributed by atoms with Gasteiger partial charge < -0.3 is 0 Å². The van der Waals surface area contributed by atoms with Crippen molar-refractivity contribution in [2.24, 2.45) is 5.18 Å². The van der Waals surface area contributed by atoms with Gasteiger partial charge >= 0.3 is 74.6 Å². The van der Waals surface area contributed by atoms with Crippen molar-refractivity contribution in [3.63, 3.8) is 0 Å². The predicted molar refractivity (Wildman–Crippen MR) is 46.4 cm³/mol. The van der Waals surface area contributed by atoms with E-state index in [1.54, 1.807) is 0 Å². The third kappa shape index (κ3) is 1.95. The van der Waals surface area contributed by atoms with Crippen molar-refractivity contribution < 1.29 is 0 Å². The van der Waals surface area contributed by atoms with Gasteiger partial charge in [-0.1, -0.05) is 0 Å². The van der Waals surface area contributed by atoms with Crippen molar-refractivity contribution in [1.82, 2.24) is 4.98 Å². The standard InChI is InChI=1S/C4HBBr2N2O/c6-3-1-2(9-10)5-4(7)8-3/h1H. The van der Waals surface area contributed by atoms with E-state index in [2.05, 4.69) is 42.0 Å². The molecule has 0 bridgehead atoms. The van der Waals surface area contributed by atoms with Crippen molar-refractivity contribution in [3.05, 3.63) is 20.1 Å². The van der Waals surface area contributed by atoms with Crippen LogP contribution in [0.25, 0.3) is 0 Å². The van der Waals surface area contributed by atoms with Crippen LogP contribution in [0.4, 0.5) is 5.58 Å². The van der Waals surface area contributed by atoms with Crippen LogP contribution < -0.4 is 0 Å². The summed E-state index contributed by atoms with van der Waals surface area (Å²) in [6.45, 7) is 1.54. The van der Waals surface area contributed by atoms with Gasteiger partial charge in [-0.05, 0) is 0 Å². The fourth-order valence-electron chi connectivity index (χ4n) is 0.505. The quantitative estimate of drug-likeness (QED) is 0.730. The monoisotopic (exact) mass is 262 g/mol. The van der Waals surface area contributed by atoms with Crippen LogP contribution in [0.2, 0.25) is 0 Å². The Morgan fingerprint density at radius 3 is 2.80 bits per heavy atom. The molecule has 0 saturated carbocycles. The van der Waals surface area contributed by atoms with E-state index < -0.39 is 0 Å². The Hall–Kier alpha value is -0.0951. The zero-order valence-corrected chi connectivity index (χ0v) is 7.89. The van der Waals surface area contributed by atoms with Crippen molar-refractivity contribution in [3.8, 4) is 0 Å². The molecule has 0 fully saturated rings. The van der Waals surface area contributed by atoms with Crippen LogP contribution in [0.1, 0.15) is 0 Å². The summed E-state index contributed by atoms with van der Waals surface area (Å²) in [5.74, 6) is 0. The zero-order chi connectivity index (χ0) is 7.56. The summed E-state index contributed by atoms with van der Waals surface area (Å²) in [6, 6.07) is 1.54. The SMILES string of the molecule is O=Nc1bc(Br)nc(Br)c1. The van der Waals surface area contributed by atoms with Gasteiger partial charge in [0, 0.05) is 0 Å². The van der Waals surface area contributed by atoms with Gasteiger partial charge in [-0.25, -0.2) is 0 Å². The van der Waals surface area contributed by atoms with Gasteiger partial charge in [0.05, 0.1) is 0 Å². The van der Waals surface area contributed by atoms with Gasteiger partial charge in [0.1, 0.15) is 0 Å². The molecule has 0 N–H and O–H groups in total. The molecule has 1 heterocycles. The number of aromatic nitrogens is 1. The number of hydrogen-bond donors (Lipinski definition) is 0. The zero-order valence-electron chi connectivity index (χ0n) is 4.71. The van der Waals surface area contributed by atoms with Gasteiger partial charge in [-0.3, -0.25) is 0 Å². The Bertz CT molecular complexity index is 247. The Morgan fingerprint density at radius 1 is 1.60 bits per heavy atom. The van der Waals surface area contributed by atoms with Gasteiger partial charge in [0.25, 0.3) is 0 Å². The van der Waals surface area contributed by atoms with E-state index in [9.17, 15) is 4.91 Å². The van der Waals surface area contributed by atoms with Crippen LogP contribution >= 0.6 is 31.9 Å². The first-order chi connectivity index (χ1) is 4.72. The summed E-state index contributed by atoms with van der Waals surface area (Å²) in [5, 5.41) is 2.74. The third-order valence-corrected chi connectivity index (χ3v) is 1.67. The maximum absolute atomic E-state index is 9.99. The second-order valence-corrected chi connectivity index (χ2v) is 3.19. The Kier molecular flexibility index (Phi) is 2.68. The summed E-state index contributed by atoms with van der Waals surface area (Å²) >= 11 is 6.23. The Labute approximate surface area is 74.7 Å². The van der Waals surface area contributed by atoms with E-state index in [0.29, 0.717) is 14.7 Å². The van der Waals surface area contributed by atoms with Crippen LogP contribution in [-0.4, -0.2) is 11.9 Å². The van der Waals surface area contributed by atoms with E-state index in [0.717, 1.165) is 0 Å². The number of halogens is 2. The van der Waals surface area contributed by atoms with Crippen LogP contribution in [0, 0.1) is 4.91 Å². The topological polar surface area (TPSA) is 42.3 Å². The minimum absolute atomic E-state index is 0.355. The average Bonchev–Trinajstić information content (AvgIpc) is 1.85. The minimum atomic E-state index is 0.355. The molecule has 50 valence electrons. The van der Waals surface area contributed by atoms with E-state index in [1.165, 1.54) is 13.0 Å². The van der Waals surface area contributed by atoms with Crippen LogP contribution in [0.5, 0.6) is 0 Å². The molecule has 1 aromatic heterocycles. The molecule has 0 aliphatic carbocycles. The van der Waals surface area contributed by atoms with E-state index in [-0.39, 0.29) is 0 Å². The van der Waals surface area contributed by atoms with Crippen LogP contribution in [-0.2, 0) is 0 Å². The Morgan fingerprint density at radius 2 is 2.30 bits per heavy atom. The number of hydrogen-bond acceptors (Lipinski definition) is 3. The molecule has 0 saturated heterocycles. The number of nitroso groups, excluding NO2 is 1. The number of nitrogens with zero attached hydrogens (tertiary/aromatic N) is 2. The summed E-state index contributed by atoms with van der Waals surface area (Å²) in [4.78, 5) is 13.9. The van der Waals surface area contributed by atoms with E-state index in [1.807, 2.05) is 0 Å². The molecule has 0 aliphatic heterocycles. The molecule has 1 aromatic rings. The molecule has 10 heavy (non-hydrogen) atoms. The summed E-state index contributed by atoms with van der Waals surface area (Å²) in [7, 11) is 0. The molecule has 0 atom stereocenters. The van der Waals surface area contributed by atoms with E-state index in [4.69, 9.17) is 0 Å². The van der Waals surface area contributed by atoms with Crippen molar-refractivity contribution in [1.29, 1.82) is 0 Å². The molecule has 0 unspecified atom stereocenters. The van der Waals surface area contributed by atoms with Crippen LogP contribution in [0.15, 0.2) is 20.3 Å².